The van der Waals surface area contributed by atoms with Crippen LogP contribution in [0.2, 0.25) is 0 Å². The Hall–Kier alpha value is -3.15. The lowest BCUT2D eigenvalue weighted by molar-refractivity contribution is -0.114. The molecule has 6 heteroatoms. The highest BCUT2D eigenvalue weighted by molar-refractivity contribution is 5.89. The zero-order valence-corrected chi connectivity index (χ0v) is 12.8. The SMILES string of the molecule is CC(=O)Nc1ccc(C)c(-c2ccc3nc(NC=O)cn3c2)c1. The van der Waals surface area contributed by atoms with Crippen LogP contribution in [0.3, 0.4) is 0 Å². The fourth-order valence-corrected chi connectivity index (χ4v) is 2.50. The number of carbonyl (C=O) groups is 2. The molecule has 2 amide bonds. The zero-order chi connectivity index (χ0) is 16.4. The Balaban J connectivity index is 2.04. The van der Waals surface area contributed by atoms with Gasteiger partial charge in [-0.05, 0) is 47.9 Å². The van der Waals surface area contributed by atoms with Crippen LogP contribution in [-0.4, -0.2) is 21.7 Å². The minimum Gasteiger partial charge on any atom is -0.326 e. The molecule has 23 heavy (non-hydrogen) atoms. The number of amides is 2. The number of hydrogen-bond donors (Lipinski definition) is 2. The van der Waals surface area contributed by atoms with Crippen LogP contribution in [0.25, 0.3) is 16.8 Å². The normalized spacial score (nSPS) is 10.5. The summed E-state index contributed by atoms with van der Waals surface area (Å²) in [6.45, 7) is 3.50. The summed E-state index contributed by atoms with van der Waals surface area (Å²) >= 11 is 0. The van der Waals surface area contributed by atoms with Crippen LogP contribution >= 0.6 is 0 Å². The number of imidazole rings is 1. The smallest absolute Gasteiger partial charge is 0.221 e. The molecule has 0 radical (unpaired) electrons. The van der Waals surface area contributed by atoms with Crippen molar-refractivity contribution in [2.75, 3.05) is 10.6 Å². The van der Waals surface area contributed by atoms with Gasteiger partial charge in [-0.25, -0.2) is 4.98 Å². The van der Waals surface area contributed by atoms with Gasteiger partial charge >= 0.3 is 0 Å². The van der Waals surface area contributed by atoms with Crippen molar-refractivity contribution < 1.29 is 9.59 Å². The van der Waals surface area contributed by atoms with Crippen LogP contribution in [-0.2, 0) is 9.59 Å². The second kappa shape index (κ2) is 5.92. The molecule has 3 rings (SSSR count). The van der Waals surface area contributed by atoms with E-state index in [2.05, 4.69) is 15.6 Å². The summed E-state index contributed by atoms with van der Waals surface area (Å²) in [6, 6.07) is 9.64. The molecule has 0 saturated carbocycles. The van der Waals surface area contributed by atoms with E-state index in [1.165, 1.54) is 6.92 Å². The second-order valence-corrected chi connectivity index (χ2v) is 5.28. The summed E-state index contributed by atoms with van der Waals surface area (Å²) in [5.74, 6) is 0.398. The molecule has 2 N–H and O–H groups in total. The molecule has 0 aliphatic carbocycles. The largest absolute Gasteiger partial charge is 0.326 e. The lowest BCUT2D eigenvalue weighted by Crippen LogP contribution is -2.05. The van der Waals surface area contributed by atoms with Crippen LogP contribution in [0.5, 0.6) is 0 Å². The Kier molecular flexibility index (Phi) is 3.80. The maximum atomic E-state index is 11.2. The Morgan fingerprint density at radius 1 is 1.22 bits per heavy atom. The number of aryl methyl sites for hydroxylation is 1. The summed E-state index contributed by atoms with van der Waals surface area (Å²) in [5.41, 5.74) is 4.62. The van der Waals surface area contributed by atoms with E-state index in [9.17, 15) is 9.59 Å². The molecule has 6 nitrogen and oxygen atoms in total. The highest BCUT2D eigenvalue weighted by Crippen LogP contribution is 2.27. The number of nitrogens with zero attached hydrogens (tertiary/aromatic N) is 2. The molecule has 0 aliphatic rings. The molecule has 0 unspecified atom stereocenters. The number of hydrogen-bond acceptors (Lipinski definition) is 3. The topological polar surface area (TPSA) is 75.5 Å². The molecule has 0 aliphatic heterocycles. The van der Waals surface area contributed by atoms with Gasteiger partial charge < -0.3 is 15.0 Å². The van der Waals surface area contributed by atoms with Gasteiger partial charge in [-0.3, -0.25) is 9.59 Å². The summed E-state index contributed by atoms with van der Waals surface area (Å²) in [7, 11) is 0. The van der Waals surface area contributed by atoms with Crippen molar-refractivity contribution in [1.29, 1.82) is 0 Å². The van der Waals surface area contributed by atoms with Crippen molar-refractivity contribution in [3.8, 4) is 11.1 Å². The highest BCUT2D eigenvalue weighted by Gasteiger charge is 2.07. The molecule has 1 aromatic carbocycles. The van der Waals surface area contributed by atoms with Crippen molar-refractivity contribution >= 4 is 29.5 Å². The molecule has 0 spiro atoms. The number of rotatable bonds is 4. The first kappa shape index (κ1) is 14.8. The zero-order valence-electron chi connectivity index (χ0n) is 12.8. The van der Waals surface area contributed by atoms with Crippen molar-refractivity contribution in [3.63, 3.8) is 0 Å². The monoisotopic (exact) mass is 308 g/mol. The van der Waals surface area contributed by atoms with E-state index >= 15 is 0 Å². The van der Waals surface area contributed by atoms with Gasteiger partial charge in [0.05, 0.1) is 6.20 Å². The Morgan fingerprint density at radius 3 is 2.78 bits per heavy atom. The predicted octanol–water partition coefficient (Wildman–Crippen LogP) is 2.84. The number of anilines is 2. The first-order valence-corrected chi connectivity index (χ1v) is 7.14. The molecule has 0 bridgehead atoms. The van der Waals surface area contributed by atoms with Crippen molar-refractivity contribution in [1.82, 2.24) is 9.38 Å². The first-order valence-electron chi connectivity index (χ1n) is 7.14. The van der Waals surface area contributed by atoms with E-state index in [-0.39, 0.29) is 5.91 Å². The molecule has 116 valence electrons. The maximum Gasteiger partial charge on any atom is 0.221 e. The first-order chi connectivity index (χ1) is 11.1. The average Bonchev–Trinajstić information content (AvgIpc) is 2.90. The molecule has 0 fully saturated rings. The third-order valence-corrected chi connectivity index (χ3v) is 3.53. The molecule has 3 aromatic rings. The van der Waals surface area contributed by atoms with E-state index in [4.69, 9.17) is 0 Å². The van der Waals surface area contributed by atoms with E-state index in [1.807, 2.05) is 47.9 Å². The van der Waals surface area contributed by atoms with Crippen molar-refractivity contribution in [2.45, 2.75) is 13.8 Å². The van der Waals surface area contributed by atoms with Crippen molar-refractivity contribution in [2.24, 2.45) is 0 Å². The lowest BCUT2D eigenvalue weighted by atomic mass is 10.0. The Bertz CT molecular complexity index is 899. The quantitative estimate of drug-likeness (QED) is 0.728. The molecular weight excluding hydrogens is 292 g/mol. The van der Waals surface area contributed by atoms with E-state index in [1.54, 1.807) is 6.20 Å². The average molecular weight is 308 g/mol. The highest BCUT2D eigenvalue weighted by atomic mass is 16.1. The predicted molar refractivity (Wildman–Crippen MR) is 89.4 cm³/mol. The van der Waals surface area contributed by atoms with Crippen LogP contribution in [0.15, 0.2) is 42.7 Å². The van der Waals surface area contributed by atoms with Gasteiger partial charge in [0.1, 0.15) is 5.65 Å². The van der Waals surface area contributed by atoms with Gasteiger partial charge in [0.2, 0.25) is 12.3 Å². The number of benzene rings is 1. The van der Waals surface area contributed by atoms with Gasteiger partial charge in [0.15, 0.2) is 5.82 Å². The minimum absolute atomic E-state index is 0.102. The lowest BCUT2D eigenvalue weighted by Gasteiger charge is -2.10. The standard InChI is InChI=1S/C17H16N4O2/c1-11-3-5-14(19-12(2)23)7-15(11)13-4-6-17-20-16(18-10-22)9-21(17)8-13/h3-10H,1-2H3,(H,18,22)(H,19,23). The molecule has 0 atom stereocenters. The second-order valence-electron chi connectivity index (χ2n) is 5.28. The minimum atomic E-state index is -0.102. The third kappa shape index (κ3) is 3.06. The van der Waals surface area contributed by atoms with E-state index in [0.717, 1.165) is 28.0 Å². The van der Waals surface area contributed by atoms with E-state index in [0.29, 0.717) is 12.2 Å². The summed E-state index contributed by atoms with van der Waals surface area (Å²) in [6.07, 6.45) is 4.29. The van der Waals surface area contributed by atoms with Gasteiger partial charge in [0, 0.05) is 18.8 Å². The number of fused-ring (bicyclic) bond motifs is 1. The third-order valence-electron chi connectivity index (χ3n) is 3.53. The van der Waals surface area contributed by atoms with Crippen LogP contribution < -0.4 is 10.6 Å². The molecule has 2 heterocycles. The summed E-state index contributed by atoms with van der Waals surface area (Å²) < 4.78 is 1.85. The molecular formula is C17H16N4O2. The van der Waals surface area contributed by atoms with E-state index < -0.39 is 0 Å². The maximum absolute atomic E-state index is 11.2. The number of nitrogens with one attached hydrogen (secondary N) is 2. The fourth-order valence-electron chi connectivity index (χ4n) is 2.50. The summed E-state index contributed by atoms with van der Waals surface area (Å²) in [4.78, 5) is 26.0. The van der Waals surface area contributed by atoms with Gasteiger partial charge in [-0.1, -0.05) is 6.07 Å². The number of aromatic nitrogens is 2. The molecule has 2 aromatic heterocycles. The van der Waals surface area contributed by atoms with Crippen LogP contribution in [0.4, 0.5) is 11.5 Å². The van der Waals surface area contributed by atoms with Gasteiger partial charge in [0.25, 0.3) is 0 Å². The number of carbonyl (C=O) groups excluding carboxylic acids is 2. The summed E-state index contributed by atoms with van der Waals surface area (Å²) in [5, 5.41) is 5.33. The van der Waals surface area contributed by atoms with Crippen LogP contribution in [0, 0.1) is 6.92 Å². The van der Waals surface area contributed by atoms with Gasteiger partial charge in [-0.2, -0.15) is 0 Å². The Labute approximate surface area is 133 Å². The molecule has 0 saturated heterocycles. The van der Waals surface area contributed by atoms with Crippen molar-refractivity contribution in [3.05, 3.63) is 48.3 Å². The van der Waals surface area contributed by atoms with Gasteiger partial charge in [-0.15, -0.1) is 0 Å². The Morgan fingerprint density at radius 2 is 2.04 bits per heavy atom. The number of pyridine rings is 1. The van der Waals surface area contributed by atoms with Crippen LogP contribution in [0.1, 0.15) is 12.5 Å². The fraction of sp³-hybridized carbons (Fsp3) is 0.118.